The molecule has 30 heavy (non-hydrogen) atoms. The molecule has 0 N–H and O–H groups in total. The summed E-state index contributed by atoms with van der Waals surface area (Å²) in [5, 5.41) is 0. The van der Waals surface area contributed by atoms with Crippen molar-refractivity contribution in [3.8, 4) is 0 Å². The number of nitrogens with zero attached hydrogens (tertiary/aromatic N) is 3. The summed E-state index contributed by atoms with van der Waals surface area (Å²) >= 11 is 0. The van der Waals surface area contributed by atoms with Gasteiger partial charge >= 0.3 is 6.09 Å². The number of ether oxygens (including phenoxy) is 1. The molecule has 0 aliphatic carbocycles. The smallest absolute Gasteiger partial charge is 0.414 e. The predicted octanol–water partition coefficient (Wildman–Crippen LogP) is 3.42. The van der Waals surface area contributed by atoms with Crippen LogP contribution < -0.4 is 4.90 Å². The van der Waals surface area contributed by atoms with Gasteiger partial charge in [-0.3, -0.25) is 9.69 Å². The first kappa shape index (κ1) is 20.4. The largest absolute Gasteiger partial charge is 0.447 e. The molecule has 0 atom stereocenters. The third-order valence-corrected chi connectivity index (χ3v) is 5.82. The SMILES string of the molecule is O=C(c1cccc(N2CCOC2=O)c1)N1CCCN(CCCc2ccccc2)CC1. The van der Waals surface area contributed by atoms with Crippen molar-refractivity contribution < 1.29 is 14.3 Å². The molecule has 158 valence electrons. The minimum absolute atomic E-state index is 0.0375. The van der Waals surface area contributed by atoms with Crippen LogP contribution in [0, 0.1) is 0 Å². The van der Waals surface area contributed by atoms with E-state index in [1.54, 1.807) is 11.0 Å². The highest BCUT2D eigenvalue weighted by Crippen LogP contribution is 2.21. The number of cyclic esters (lactones) is 1. The van der Waals surface area contributed by atoms with Crippen LogP contribution in [-0.2, 0) is 11.2 Å². The molecule has 2 saturated heterocycles. The fourth-order valence-corrected chi connectivity index (χ4v) is 4.17. The molecule has 0 aromatic heterocycles. The minimum Gasteiger partial charge on any atom is -0.447 e. The van der Waals surface area contributed by atoms with Crippen LogP contribution in [0.4, 0.5) is 10.5 Å². The molecule has 0 radical (unpaired) electrons. The lowest BCUT2D eigenvalue weighted by Crippen LogP contribution is -2.35. The maximum Gasteiger partial charge on any atom is 0.414 e. The maximum atomic E-state index is 13.1. The van der Waals surface area contributed by atoms with Crippen LogP contribution in [0.1, 0.15) is 28.8 Å². The summed E-state index contributed by atoms with van der Waals surface area (Å²) in [6.45, 7) is 5.41. The lowest BCUT2D eigenvalue weighted by molar-refractivity contribution is 0.0761. The van der Waals surface area contributed by atoms with E-state index in [9.17, 15) is 9.59 Å². The number of benzene rings is 2. The first-order valence-corrected chi connectivity index (χ1v) is 10.8. The average Bonchev–Trinajstić information content (AvgIpc) is 3.07. The molecular weight excluding hydrogens is 378 g/mol. The van der Waals surface area contributed by atoms with Crippen LogP contribution in [0.25, 0.3) is 0 Å². The predicted molar refractivity (Wildman–Crippen MR) is 117 cm³/mol. The molecule has 2 amide bonds. The monoisotopic (exact) mass is 407 g/mol. The molecule has 0 saturated carbocycles. The molecule has 2 aromatic carbocycles. The Morgan fingerprint density at radius 2 is 1.80 bits per heavy atom. The zero-order valence-electron chi connectivity index (χ0n) is 17.3. The van der Waals surface area contributed by atoms with E-state index in [4.69, 9.17) is 4.74 Å². The number of rotatable bonds is 6. The van der Waals surface area contributed by atoms with Gasteiger partial charge in [-0.05, 0) is 56.1 Å². The standard InChI is InChI=1S/C24H29N3O3/c28-23(21-10-4-11-22(19-21)27-17-18-30-24(27)29)26-14-6-13-25(15-16-26)12-5-9-20-7-2-1-3-8-20/h1-4,7-8,10-11,19H,5-6,9,12-18H2. The fraction of sp³-hybridized carbons (Fsp3) is 0.417. The van der Waals surface area contributed by atoms with Gasteiger partial charge in [-0.15, -0.1) is 0 Å². The van der Waals surface area contributed by atoms with Crippen molar-refractivity contribution in [1.82, 2.24) is 9.80 Å². The summed E-state index contributed by atoms with van der Waals surface area (Å²) in [6.07, 6.45) is 2.85. The van der Waals surface area contributed by atoms with E-state index in [0.717, 1.165) is 57.7 Å². The quantitative estimate of drug-likeness (QED) is 0.736. The van der Waals surface area contributed by atoms with Gasteiger partial charge in [0.15, 0.2) is 0 Å². The molecular formula is C24H29N3O3. The summed E-state index contributed by atoms with van der Waals surface area (Å²) in [7, 11) is 0. The molecule has 0 spiro atoms. The van der Waals surface area contributed by atoms with Crippen LogP contribution in [-0.4, -0.2) is 67.7 Å². The summed E-state index contributed by atoms with van der Waals surface area (Å²) in [6, 6.07) is 17.9. The van der Waals surface area contributed by atoms with Gasteiger partial charge in [-0.25, -0.2) is 4.79 Å². The number of aryl methyl sites for hydroxylation is 1. The van der Waals surface area contributed by atoms with E-state index < -0.39 is 0 Å². The third kappa shape index (κ3) is 5.00. The van der Waals surface area contributed by atoms with Crippen molar-refractivity contribution in [1.29, 1.82) is 0 Å². The molecule has 2 aromatic rings. The van der Waals surface area contributed by atoms with Gasteiger partial charge in [0.1, 0.15) is 6.61 Å². The molecule has 2 aliphatic rings. The average molecular weight is 408 g/mol. The van der Waals surface area contributed by atoms with Crippen LogP contribution >= 0.6 is 0 Å². The molecule has 6 nitrogen and oxygen atoms in total. The number of carbonyl (C=O) groups is 2. The second kappa shape index (κ2) is 9.76. The topological polar surface area (TPSA) is 53.1 Å². The number of carbonyl (C=O) groups excluding carboxylic acids is 2. The molecule has 6 heteroatoms. The Hall–Kier alpha value is -2.86. The van der Waals surface area contributed by atoms with Gasteiger partial charge in [0.2, 0.25) is 0 Å². The van der Waals surface area contributed by atoms with E-state index in [-0.39, 0.29) is 12.0 Å². The Balaban J connectivity index is 1.31. The number of amides is 2. The van der Waals surface area contributed by atoms with Crippen molar-refractivity contribution in [2.24, 2.45) is 0 Å². The summed E-state index contributed by atoms with van der Waals surface area (Å²) in [4.78, 5) is 30.9. The zero-order valence-corrected chi connectivity index (χ0v) is 17.3. The van der Waals surface area contributed by atoms with Gasteiger partial charge in [0.25, 0.3) is 5.91 Å². The van der Waals surface area contributed by atoms with E-state index >= 15 is 0 Å². The van der Waals surface area contributed by atoms with Gasteiger partial charge in [0.05, 0.1) is 6.54 Å². The minimum atomic E-state index is -0.347. The lowest BCUT2D eigenvalue weighted by Gasteiger charge is -2.22. The molecule has 4 rings (SSSR count). The lowest BCUT2D eigenvalue weighted by atomic mass is 10.1. The number of hydrogen-bond acceptors (Lipinski definition) is 4. The van der Waals surface area contributed by atoms with Crippen molar-refractivity contribution in [3.63, 3.8) is 0 Å². The Morgan fingerprint density at radius 3 is 2.60 bits per heavy atom. The molecule has 2 aliphatic heterocycles. The second-order valence-electron chi connectivity index (χ2n) is 7.89. The molecule has 0 unspecified atom stereocenters. The molecule has 2 fully saturated rings. The first-order chi connectivity index (χ1) is 14.7. The Kier molecular flexibility index (Phi) is 6.64. The van der Waals surface area contributed by atoms with Crippen LogP contribution in [0.15, 0.2) is 54.6 Å². The summed E-state index contributed by atoms with van der Waals surface area (Å²) in [5.41, 5.74) is 2.73. The highest BCUT2D eigenvalue weighted by molar-refractivity contribution is 5.97. The zero-order chi connectivity index (χ0) is 20.8. The highest BCUT2D eigenvalue weighted by Gasteiger charge is 2.25. The van der Waals surface area contributed by atoms with E-state index in [0.29, 0.717) is 18.7 Å². The number of anilines is 1. The molecule has 2 heterocycles. The van der Waals surface area contributed by atoms with E-state index in [1.807, 2.05) is 23.1 Å². The highest BCUT2D eigenvalue weighted by atomic mass is 16.6. The Labute approximate surface area is 178 Å². The van der Waals surface area contributed by atoms with Crippen molar-refractivity contribution in [3.05, 3.63) is 65.7 Å². The Bertz CT molecular complexity index is 871. The van der Waals surface area contributed by atoms with Gasteiger partial charge in [-0.2, -0.15) is 0 Å². The van der Waals surface area contributed by atoms with E-state index in [2.05, 4.69) is 35.2 Å². The number of hydrogen-bond donors (Lipinski definition) is 0. The van der Waals surface area contributed by atoms with Crippen LogP contribution in [0.2, 0.25) is 0 Å². The maximum absolute atomic E-state index is 13.1. The van der Waals surface area contributed by atoms with Crippen molar-refractivity contribution in [2.75, 3.05) is 50.8 Å². The van der Waals surface area contributed by atoms with Crippen LogP contribution in [0.5, 0.6) is 0 Å². The van der Waals surface area contributed by atoms with Gasteiger partial charge in [0, 0.05) is 30.9 Å². The van der Waals surface area contributed by atoms with Gasteiger partial charge < -0.3 is 14.5 Å². The van der Waals surface area contributed by atoms with Crippen molar-refractivity contribution >= 4 is 17.7 Å². The van der Waals surface area contributed by atoms with Crippen molar-refractivity contribution in [2.45, 2.75) is 19.3 Å². The van der Waals surface area contributed by atoms with Crippen LogP contribution in [0.3, 0.4) is 0 Å². The summed E-state index contributed by atoms with van der Waals surface area (Å²) in [5.74, 6) is 0.0375. The fourth-order valence-electron chi connectivity index (χ4n) is 4.17. The third-order valence-electron chi connectivity index (χ3n) is 5.82. The Morgan fingerprint density at radius 1 is 0.933 bits per heavy atom. The van der Waals surface area contributed by atoms with E-state index in [1.165, 1.54) is 5.56 Å². The first-order valence-electron chi connectivity index (χ1n) is 10.8. The van der Waals surface area contributed by atoms with Gasteiger partial charge in [-0.1, -0.05) is 36.4 Å². The molecule has 0 bridgehead atoms. The second-order valence-corrected chi connectivity index (χ2v) is 7.89. The summed E-state index contributed by atoms with van der Waals surface area (Å²) < 4.78 is 5.01. The normalized spacial score (nSPS) is 17.7.